The highest BCUT2D eigenvalue weighted by Crippen LogP contribution is 2.41. The minimum atomic E-state index is -0.0342. The average molecular weight is 571 g/mol. The van der Waals surface area contributed by atoms with E-state index in [1.807, 2.05) is 6.07 Å². The second kappa shape index (κ2) is 15.2. The third kappa shape index (κ3) is 8.25. The molecule has 0 radical (unpaired) electrons. The van der Waals surface area contributed by atoms with Crippen molar-refractivity contribution in [2.24, 2.45) is 17.8 Å². The molecule has 0 amide bonds. The van der Waals surface area contributed by atoms with E-state index < -0.39 is 0 Å². The van der Waals surface area contributed by atoms with Crippen LogP contribution in [0.1, 0.15) is 84.7 Å². The Morgan fingerprint density at radius 3 is 2.40 bits per heavy atom. The van der Waals surface area contributed by atoms with Crippen LogP contribution >= 0.6 is 0 Å². The minimum absolute atomic E-state index is 0.0342. The first-order valence-electron chi connectivity index (χ1n) is 16.2. The monoisotopic (exact) mass is 570 g/mol. The lowest BCUT2D eigenvalue weighted by atomic mass is 9.70. The van der Waals surface area contributed by atoms with E-state index in [1.54, 1.807) is 7.11 Å². The Hall–Kier alpha value is -3.67. The van der Waals surface area contributed by atoms with Crippen molar-refractivity contribution in [1.82, 2.24) is 0 Å². The smallest absolute Gasteiger partial charge is 0.140 e. The molecule has 0 bridgehead atoms. The molecule has 0 aromatic heterocycles. The summed E-state index contributed by atoms with van der Waals surface area (Å²) in [6.45, 7) is 2.96. The summed E-state index contributed by atoms with van der Waals surface area (Å²) in [5.74, 6) is 4.73. The standard InChI is InChI=1S/C41H46O2/c1-4-34-18-15-33(29-38(34)11-8-26-43-3)28-32-13-19-36(20-14-32)41(40(42)25-16-31-9-6-5-7-10-31)37-23-21-35(22-24-37)39-17-12-30(2)27-39/h1,5-7,9-10,12,15,17-18,21-24,27,29-30,32,36,41H,8,11,13-14,16,19-20,25-26,28H2,2-3H3. The van der Waals surface area contributed by atoms with E-state index >= 15 is 0 Å². The zero-order chi connectivity index (χ0) is 30.0. The molecule has 0 aliphatic heterocycles. The van der Waals surface area contributed by atoms with Gasteiger partial charge in [-0.3, -0.25) is 4.79 Å². The number of benzene rings is 3. The van der Waals surface area contributed by atoms with Gasteiger partial charge in [-0.05, 0) is 109 Å². The summed E-state index contributed by atoms with van der Waals surface area (Å²) in [6, 6.07) is 26.0. The summed E-state index contributed by atoms with van der Waals surface area (Å²) >= 11 is 0. The van der Waals surface area contributed by atoms with Crippen LogP contribution in [0.15, 0.2) is 91.0 Å². The Kier molecular flexibility index (Phi) is 10.9. The van der Waals surface area contributed by atoms with Gasteiger partial charge in [-0.15, -0.1) is 6.42 Å². The SMILES string of the molecule is C#Cc1ccc(CC2CCC(C(C(=O)CCc3ccccc3)c3ccc(C4=CC(C)C=C4)cc3)CC2)cc1CCCOC. The van der Waals surface area contributed by atoms with Crippen LogP contribution in [0.2, 0.25) is 0 Å². The van der Waals surface area contributed by atoms with Crippen molar-refractivity contribution in [1.29, 1.82) is 0 Å². The molecule has 0 N–H and O–H groups in total. The number of terminal acetylenes is 1. The maximum atomic E-state index is 13.9. The van der Waals surface area contributed by atoms with Crippen LogP contribution in [-0.2, 0) is 28.8 Å². The Morgan fingerprint density at radius 1 is 0.953 bits per heavy atom. The average Bonchev–Trinajstić information content (AvgIpc) is 3.48. The van der Waals surface area contributed by atoms with Crippen molar-refractivity contribution < 1.29 is 9.53 Å². The van der Waals surface area contributed by atoms with Crippen LogP contribution in [0.3, 0.4) is 0 Å². The normalized spacial score (nSPS) is 20.4. The molecule has 2 nitrogen and oxygen atoms in total. The largest absolute Gasteiger partial charge is 0.385 e. The number of ketones is 1. The summed E-state index contributed by atoms with van der Waals surface area (Å²) < 4.78 is 5.26. The molecule has 0 heterocycles. The quantitative estimate of drug-likeness (QED) is 0.151. The van der Waals surface area contributed by atoms with Crippen molar-refractivity contribution in [3.8, 4) is 12.3 Å². The topological polar surface area (TPSA) is 26.3 Å². The van der Waals surface area contributed by atoms with E-state index in [0.717, 1.165) is 63.5 Å². The molecule has 3 aromatic carbocycles. The van der Waals surface area contributed by atoms with Gasteiger partial charge in [0.05, 0.1) is 0 Å². The van der Waals surface area contributed by atoms with Crippen molar-refractivity contribution in [3.05, 3.63) is 124 Å². The summed E-state index contributed by atoms with van der Waals surface area (Å²) in [6.07, 6.45) is 21.5. The maximum absolute atomic E-state index is 13.9. The van der Waals surface area contributed by atoms with Gasteiger partial charge in [-0.1, -0.05) is 97.8 Å². The predicted molar refractivity (Wildman–Crippen MR) is 179 cm³/mol. The fourth-order valence-corrected chi connectivity index (χ4v) is 7.10. The zero-order valence-corrected chi connectivity index (χ0v) is 25.9. The molecule has 2 aliphatic carbocycles. The predicted octanol–water partition coefficient (Wildman–Crippen LogP) is 9.17. The fourth-order valence-electron chi connectivity index (χ4n) is 7.10. The van der Waals surface area contributed by atoms with Crippen LogP contribution in [-0.4, -0.2) is 19.5 Å². The summed E-state index contributed by atoms with van der Waals surface area (Å²) in [5.41, 5.74) is 8.58. The summed E-state index contributed by atoms with van der Waals surface area (Å²) in [4.78, 5) is 13.9. The Bertz CT molecular complexity index is 1450. The number of ether oxygens (including phenoxy) is 1. The Labute approximate surface area is 259 Å². The molecule has 2 aliphatic rings. The molecule has 0 spiro atoms. The van der Waals surface area contributed by atoms with Gasteiger partial charge >= 0.3 is 0 Å². The van der Waals surface area contributed by atoms with Crippen LogP contribution in [0, 0.1) is 30.1 Å². The number of carbonyl (C=O) groups excluding carboxylic acids is 1. The summed E-state index contributed by atoms with van der Waals surface area (Å²) in [7, 11) is 1.75. The van der Waals surface area contributed by atoms with E-state index in [-0.39, 0.29) is 5.92 Å². The summed E-state index contributed by atoms with van der Waals surface area (Å²) in [5, 5.41) is 0. The molecule has 5 rings (SSSR count). The van der Waals surface area contributed by atoms with Gasteiger partial charge in [0.25, 0.3) is 0 Å². The Morgan fingerprint density at radius 2 is 1.72 bits per heavy atom. The van der Waals surface area contributed by atoms with Crippen LogP contribution in [0.4, 0.5) is 0 Å². The molecular weight excluding hydrogens is 524 g/mol. The van der Waals surface area contributed by atoms with Crippen molar-refractivity contribution in [3.63, 3.8) is 0 Å². The van der Waals surface area contributed by atoms with E-state index in [1.165, 1.54) is 33.4 Å². The minimum Gasteiger partial charge on any atom is -0.385 e. The first-order chi connectivity index (χ1) is 21.0. The van der Waals surface area contributed by atoms with Crippen LogP contribution in [0.25, 0.3) is 5.57 Å². The van der Waals surface area contributed by atoms with Crippen molar-refractivity contribution in [2.75, 3.05) is 13.7 Å². The van der Waals surface area contributed by atoms with Gasteiger partial charge in [0.1, 0.15) is 5.78 Å². The van der Waals surface area contributed by atoms with E-state index in [4.69, 9.17) is 11.2 Å². The van der Waals surface area contributed by atoms with E-state index in [2.05, 4.69) is 97.8 Å². The lowest BCUT2D eigenvalue weighted by molar-refractivity contribution is -0.122. The van der Waals surface area contributed by atoms with Crippen molar-refractivity contribution >= 4 is 11.4 Å². The van der Waals surface area contributed by atoms with Gasteiger partial charge in [0.2, 0.25) is 0 Å². The third-order valence-electron chi connectivity index (χ3n) is 9.48. The van der Waals surface area contributed by atoms with Crippen molar-refractivity contribution in [2.45, 2.75) is 70.6 Å². The highest BCUT2D eigenvalue weighted by molar-refractivity contribution is 5.86. The van der Waals surface area contributed by atoms with Gasteiger partial charge in [-0.2, -0.15) is 0 Å². The number of hydrogen-bond acceptors (Lipinski definition) is 2. The lowest BCUT2D eigenvalue weighted by Gasteiger charge is -2.34. The van der Waals surface area contributed by atoms with Crippen LogP contribution in [0.5, 0.6) is 0 Å². The zero-order valence-electron chi connectivity index (χ0n) is 25.9. The molecule has 3 aromatic rings. The highest BCUT2D eigenvalue weighted by atomic mass is 16.5. The molecule has 1 saturated carbocycles. The second-order valence-electron chi connectivity index (χ2n) is 12.6. The molecule has 2 atom stereocenters. The maximum Gasteiger partial charge on any atom is 0.140 e. The van der Waals surface area contributed by atoms with Gasteiger partial charge in [0, 0.05) is 31.6 Å². The first-order valence-corrected chi connectivity index (χ1v) is 16.2. The van der Waals surface area contributed by atoms with Gasteiger partial charge < -0.3 is 4.74 Å². The fraction of sp³-hybridized carbons (Fsp3) is 0.390. The first kappa shape index (κ1) is 30.8. The molecule has 222 valence electrons. The second-order valence-corrected chi connectivity index (χ2v) is 12.6. The van der Waals surface area contributed by atoms with Gasteiger partial charge in [0.15, 0.2) is 0 Å². The Balaban J connectivity index is 1.27. The molecule has 2 unspecified atom stereocenters. The molecule has 1 fully saturated rings. The number of methoxy groups -OCH3 is 1. The lowest BCUT2D eigenvalue weighted by Crippen LogP contribution is -2.27. The molecule has 0 saturated heterocycles. The van der Waals surface area contributed by atoms with Crippen LogP contribution < -0.4 is 0 Å². The number of aryl methyl sites for hydroxylation is 2. The third-order valence-corrected chi connectivity index (χ3v) is 9.48. The van der Waals surface area contributed by atoms with E-state index in [9.17, 15) is 4.79 Å². The number of rotatable bonds is 13. The van der Waals surface area contributed by atoms with Gasteiger partial charge in [-0.25, -0.2) is 0 Å². The number of hydrogen-bond donors (Lipinski definition) is 0. The molecular formula is C41H46O2. The number of allylic oxidation sites excluding steroid dienone is 4. The molecule has 43 heavy (non-hydrogen) atoms. The molecule has 2 heteroatoms. The highest BCUT2D eigenvalue weighted by Gasteiger charge is 2.33. The van der Waals surface area contributed by atoms with E-state index in [0.29, 0.717) is 30.0 Å². The number of carbonyl (C=O) groups is 1. The number of Topliss-reactive ketones (excluding diaryl/α,β-unsaturated/α-hetero) is 1.